The standard InChI is InChI=1S/C14H30O9Si/c1-7-18-11-13(16,23-24(17)22-12(5,6)15)14(19-8-2,20-9-3)21-10-4/h15-16H,7-11H2,1-6H3. The number of hydrogen-bond donors (Lipinski definition) is 2. The zero-order valence-electron chi connectivity index (χ0n) is 15.3. The molecule has 0 aromatic rings. The number of ether oxygens (including phenoxy) is 4. The van der Waals surface area contributed by atoms with Gasteiger partial charge >= 0.3 is 20.9 Å². The second-order valence-corrected chi connectivity index (χ2v) is 6.09. The Hall–Kier alpha value is -0.623. The van der Waals surface area contributed by atoms with E-state index >= 15 is 0 Å². The van der Waals surface area contributed by atoms with E-state index in [1.165, 1.54) is 13.8 Å². The van der Waals surface area contributed by atoms with E-state index in [1.54, 1.807) is 27.7 Å². The first-order chi connectivity index (χ1) is 11.1. The average molecular weight is 370 g/mol. The molecule has 144 valence electrons. The van der Waals surface area contributed by atoms with Crippen molar-refractivity contribution in [1.29, 1.82) is 0 Å². The minimum atomic E-state index is -3.34. The number of rotatable bonds is 14. The molecule has 2 N–H and O–H groups in total. The maximum absolute atomic E-state index is 12.1. The molecular weight excluding hydrogens is 340 g/mol. The molecule has 0 aliphatic rings. The minimum absolute atomic E-state index is 0.116. The first-order valence-corrected chi connectivity index (χ1v) is 9.18. The van der Waals surface area contributed by atoms with Crippen LogP contribution in [-0.2, 0) is 32.3 Å². The molecule has 0 aliphatic heterocycles. The molecule has 0 heterocycles. The third-order valence-electron chi connectivity index (χ3n) is 2.57. The highest BCUT2D eigenvalue weighted by molar-refractivity contribution is 6.26. The van der Waals surface area contributed by atoms with Crippen molar-refractivity contribution in [2.45, 2.75) is 59.1 Å². The van der Waals surface area contributed by atoms with Gasteiger partial charge in [0.15, 0.2) is 5.79 Å². The van der Waals surface area contributed by atoms with Crippen LogP contribution in [0, 0.1) is 0 Å². The summed E-state index contributed by atoms with van der Waals surface area (Å²) in [5.41, 5.74) is 0. The third kappa shape index (κ3) is 7.09. The molecule has 0 rings (SSSR count). The normalized spacial score (nSPS) is 15.0. The van der Waals surface area contributed by atoms with E-state index in [-0.39, 0.29) is 26.4 Å². The Balaban J connectivity index is 5.63. The summed E-state index contributed by atoms with van der Waals surface area (Å²) in [6.07, 6.45) is 0. The monoisotopic (exact) mass is 370 g/mol. The first-order valence-electron chi connectivity index (χ1n) is 7.96. The second-order valence-electron chi connectivity index (χ2n) is 5.18. The van der Waals surface area contributed by atoms with Gasteiger partial charge in [0.2, 0.25) is 0 Å². The lowest BCUT2D eigenvalue weighted by atomic mass is 10.2. The summed E-state index contributed by atoms with van der Waals surface area (Å²) in [6.45, 7) is 9.43. The van der Waals surface area contributed by atoms with Crippen LogP contribution < -0.4 is 0 Å². The van der Waals surface area contributed by atoms with Crippen LogP contribution in [0.3, 0.4) is 0 Å². The van der Waals surface area contributed by atoms with Gasteiger partial charge in [0.05, 0.1) is 0 Å². The van der Waals surface area contributed by atoms with E-state index in [0.717, 1.165) is 0 Å². The molecular formula is C14H30O9Si. The van der Waals surface area contributed by atoms with Crippen molar-refractivity contribution >= 4 is 9.17 Å². The van der Waals surface area contributed by atoms with Crippen molar-refractivity contribution in [3.05, 3.63) is 0 Å². The Morgan fingerprint density at radius 1 is 0.833 bits per heavy atom. The van der Waals surface area contributed by atoms with E-state index in [9.17, 15) is 14.7 Å². The van der Waals surface area contributed by atoms with Gasteiger partial charge in [-0.15, -0.1) is 0 Å². The fraction of sp³-hybridized carbons (Fsp3) is 1.00. The smallest absolute Gasteiger partial charge is 0.468 e. The summed E-state index contributed by atoms with van der Waals surface area (Å²) >= 11 is 0. The Kier molecular flexibility index (Phi) is 10.1. The van der Waals surface area contributed by atoms with Crippen LogP contribution >= 0.6 is 0 Å². The summed E-state index contributed by atoms with van der Waals surface area (Å²) in [5, 5.41) is 20.5. The molecule has 1 atom stereocenters. The van der Waals surface area contributed by atoms with E-state index in [2.05, 4.69) is 0 Å². The summed E-state index contributed by atoms with van der Waals surface area (Å²) in [4.78, 5) is 0. The largest absolute Gasteiger partial charge is 0.771 e. The summed E-state index contributed by atoms with van der Waals surface area (Å²) in [7, 11) is -3.34. The van der Waals surface area contributed by atoms with Gasteiger partial charge in [0.25, 0.3) is 0 Å². The Morgan fingerprint density at radius 3 is 1.62 bits per heavy atom. The minimum Gasteiger partial charge on any atom is -0.468 e. The molecule has 0 fully saturated rings. The highest BCUT2D eigenvalue weighted by Gasteiger charge is 2.59. The van der Waals surface area contributed by atoms with E-state index < -0.39 is 33.3 Å². The van der Waals surface area contributed by atoms with Gasteiger partial charge < -0.3 is 38.0 Å². The van der Waals surface area contributed by atoms with Gasteiger partial charge in [-0.1, -0.05) is 0 Å². The number of aliphatic hydroxyl groups is 2. The van der Waals surface area contributed by atoms with Crippen LogP contribution in [0.25, 0.3) is 0 Å². The summed E-state index contributed by atoms with van der Waals surface area (Å²) in [6, 6.07) is 0. The molecule has 0 aromatic carbocycles. The topological polar surface area (TPSA) is 113 Å². The van der Waals surface area contributed by atoms with Gasteiger partial charge in [-0.3, -0.25) is 4.46 Å². The lowest BCUT2D eigenvalue weighted by Crippen LogP contribution is -2.65. The highest BCUT2D eigenvalue weighted by Crippen LogP contribution is 2.32. The maximum Gasteiger partial charge on any atom is 0.771 e. The Labute approximate surface area is 144 Å². The zero-order chi connectivity index (χ0) is 18.9. The lowest BCUT2D eigenvalue weighted by Gasteiger charge is -2.43. The van der Waals surface area contributed by atoms with Gasteiger partial charge in [-0.25, -0.2) is 0 Å². The van der Waals surface area contributed by atoms with Crippen molar-refractivity contribution in [3.8, 4) is 0 Å². The lowest BCUT2D eigenvalue weighted by molar-refractivity contribution is -0.483. The summed E-state index contributed by atoms with van der Waals surface area (Å²) < 4.78 is 43.7. The molecule has 0 spiro atoms. The van der Waals surface area contributed by atoms with E-state index in [1.807, 2.05) is 0 Å². The Bertz CT molecular complexity index is 355. The molecule has 0 bridgehead atoms. The molecule has 9 nitrogen and oxygen atoms in total. The van der Waals surface area contributed by atoms with Crippen LogP contribution in [0.1, 0.15) is 41.5 Å². The maximum atomic E-state index is 12.1. The van der Waals surface area contributed by atoms with Crippen LogP contribution in [0.4, 0.5) is 0 Å². The number of hydrogen-bond acceptors (Lipinski definition) is 9. The molecule has 0 amide bonds. The van der Waals surface area contributed by atoms with Crippen LogP contribution in [0.5, 0.6) is 0 Å². The van der Waals surface area contributed by atoms with Crippen molar-refractivity contribution < 1.29 is 42.5 Å². The third-order valence-corrected chi connectivity index (χ3v) is 3.74. The van der Waals surface area contributed by atoms with Crippen molar-refractivity contribution in [2.24, 2.45) is 0 Å². The van der Waals surface area contributed by atoms with Gasteiger partial charge in [0.1, 0.15) is 6.61 Å². The molecule has 10 heteroatoms. The molecule has 24 heavy (non-hydrogen) atoms. The molecule has 1 unspecified atom stereocenters. The van der Waals surface area contributed by atoms with Crippen LogP contribution in [0.2, 0.25) is 0 Å². The summed E-state index contributed by atoms with van der Waals surface area (Å²) in [5.74, 6) is -6.16. The van der Waals surface area contributed by atoms with E-state index in [4.69, 9.17) is 27.8 Å². The predicted octanol–water partition coefficient (Wildman–Crippen LogP) is 0.652. The fourth-order valence-corrected chi connectivity index (χ4v) is 2.73. The van der Waals surface area contributed by atoms with Crippen molar-refractivity contribution in [2.75, 3.05) is 33.0 Å². The van der Waals surface area contributed by atoms with Crippen molar-refractivity contribution in [3.63, 3.8) is 0 Å². The van der Waals surface area contributed by atoms with Gasteiger partial charge in [0, 0.05) is 26.4 Å². The molecule has 0 aliphatic carbocycles. The van der Waals surface area contributed by atoms with E-state index in [0.29, 0.717) is 0 Å². The average Bonchev–Trinajstić information content (AvgIpc) is 2.43. The fourth-order valence-electron chi connectivity index (χ4n) is 1.82. The second kappa shape index (κ2) is 10.4. The molecule has 0 saturated heterocycles. The van der Waals surface area contributed by atoms with Crippen molar-refractivity contribution in [1.82, 2.24) is 0 Å². The SMILES string of the molecule is CCOCC(O)(O[Si](=O)OC(C)(C)O)C(OCC)(OCC)OCC. The van der Waals surface area contributed by atoms with Gasteiger partial charge in [-0.05, 0) is 41.5 Å². The zero-order valence-corrected chi connectivity index (χ0v) is 16.3. The quantitative estimate of drug-likeness (QED) is 0.336. The highest BCUT2D eigenvalue weighted by atomic mass is 28.3. The molecule has 0 aromatic heterocycles. The molecule has 0 saturated carbocycles. The van der Waals surface area contributed by atoms with Crippen LogP contribution in [-0.4, -0.2) is 70.0 Å². The predicted molar refractivity (Wildman–Crippen MR) is 84.0 cm³/mol. The molecule has 0 radical (unpaired) electrons. The van der Waals surface area contributed by atoms with Crippen LogP contribution in [0.15, 0.2) is 0 Å². The van der Waals surface area contributed by atoms with Gasteiger partial charge in [-0.2, -0.15) is 0 Å². The Morgan fingerprint density at radius 2 is 1.29 bits per heavy atom. The first kappa shape index (κ1) is 23.4.